The average molecular weight is 384 g/mol. The molecule has 0 saturated carbocycles. The van der Waals surface area contributed by atoms with Crippen LogP contribution in [0, 0.1) is 12.8 Å². The van der Waals surface area contributed by atoms with E-state index in [1.807, 2.05) is 85.8 Å². The minimum Gasteiger partial charge on any atom is -0.273 e. The first-order valence-electron chi connectivity index (χ1n) is 9.65. The van der Waals surface area contributed by atoms with E-state index in [1.165, 1.54) is 4.90 Å². The Morgan fingerprint density at radius 3 is 2.10 bits per heavy atom. The molecule has 2 amide bonds. The minimum atomic E-state index is -0.839. The molecule has 0 bridgehead atoms. The fraction of sp³-hybridized carbons (Fsp3) is 0.167. The quantitative estimate of drug-likeness (QED) is 0.640. The van der Waals surface area contributed by atoms with Gasteiger partial charge in [-0.1, -0.05) is 60.7 Å². The van der Waals surface area contributed by atoms with Crippen LogP contribution >= 0.6 is 0 Å². The number of nitrogens with zero attached hydrogens (tertiary/aromatic N) is 2. The second kappa shape index (κ2) is 6.87. The van der Waals surface area contributed by atoms with E-state index in [0.29, 0.717) is 5.69 Å². The van der Waals surface area contributed by atoms with E-state index in [0.717, 1.165) is 16.8 Å². The monoisotopic (exact) mass is 384 g/mol. The molecule has 3 atom stereocenters. The van der Waals surface area contributed by atoms with Crippen molar-refractivity contribution < 1.29 is 14.4 Å². The molecule has 5 rings (SSSR count). The van der Waals surface area contributed by atoms with E-state index in [4.69, 9.17) is 4.84 Å². The predicted molar refractivity (Wildman–Crippen MR) is 110 cm³/mol. The Balaban J connectivity index is 1.59. The lowest BCUT2D eigenvalue weighted by atomic mass is 9.90. The highest BCUT2D eigenvalue weighted by Gasteiger charge is 2.60. The Labute approximate surface area is 169 Å². The number of para-hydroxylation sites is 1. The summed E-state index contributed by atoms with van der Waals surface area (Å²) in [6.45, 7) is 1.94. The van der Waals surface area contributed by atoms with Crippen LogP contribution in [0.4, 0.5) is 11.4 Å². The maximum absolute atomic E-state index is 13.5. The van der Waals surface area contributed by atoms with E-state index >= 15 is 0 Å². The minimum absolute atomic E-state index is 0.224. The van der Waals surface area contributed by atoms with Crippen molar-refractivity contribution in [2.24, 2.45) is 5.92 Å². The van der Waals surface area contributed by atoms with Gasteiger partial charge < -0.3 is 0 Å². The van der Waals surface area contributed by atoms with Crippen molar-refractivity contribution in [3.05, 3.63) is 96.1 Å². The first-order valence-corrected chi connectivity index (χ1v) is 9.65. The molecule has 0 unspecified atom stereocenters. The largest absolute Gasteiger partial charge is 0.273 e. The van der Waals surface area contributed by atoms with Crippen LogP contribution in [-0.2, 0) is 14.4 Å². The molecule has 3 aromatic carbocycles. The molecule has 2 fully saturated rings. The number of amides is 2. The third kappa shape index (κ3) is 2.82. The van der Waals surface area contributed by atoms with Gasteiger partial charge in [0.15, 0.2) is 6.10 Å². The third-order valence-corrected chi connectivity index (χ3v) is 5.53. The van der Waals surface area contributed by atoms with E-state index in [1.54, 1.807) is 11.1 Å². The summed E-state index contributed by atoms with van der Waals surface area (Å²) in [5.74, 6) is -1.14. The zero-order valence-electron chi connectivity index (χ0n) is 15.9. The number of aryl methyl sites for hydroxylation is 1. The fourth-order valence-corrected chi connectivity index (χ4v) is 4.22. The Morgan fingerprint density at radius 1 is 0.759 bits per heavy atom. The van der Waals surface area contributed by atoms with Gasteiger partial charge in [-0.2, -0.15) is 0 Å². The molecule has 2 saturated heterocycles. The second-order valence-electron chi connectivity index (χ2n) is 7.42. The number of carbonyl (C=O) groups is 2. The lowest BCUT2D eigenvalue weighted by Crippen LogP contribution is -2.37. The highest BCUT2D eigenvalue weighted by molar-refractivity contribution is 6.23. The van der Waals surface area contributed by atoms with Crippen molar-refractivity contribution in [1.82, 2.24) is 0 Å². The first-order chi connectivity index (χ1) is 14.1. The van der Waals surface area contributed by atoms with Crippen LogP contribution in [0.1, 0.15) is 17.2 Å². The summed E-state index contributed by atoms with van der Waals surface area (Å²) < 4.78 is 0. The Kier molecular flexibility index (Phi) is 4.18. The zero-order valence-corrected chi connectivity index (χ0v) is 15.9. The van der Waals surface area contributed by atoms with Gasteiger partial charge in [-0.15, -0.1) is 0 Å². The Morgan fingerprint density at radius 2 is 1.41 bits per heavy atom. The van der Waals surface area contributed by atoms with Crippen LogP contribution in [0.5, 0.6) is 0 Å². The van der Waals surface area contributed by atoms with Crippen molar-refractivity contribution >= 4 is 23.2 Å². The van der Waals surface area contributed by atoms with Crippen LogP contribution in [-0.4, -0.2) is 17.9 Å². The standard InChI is InChI=1S/C24H20N2O3/c1-16-9-8-14-19(15-16)25-23(27)20-21(17-10-4-2-5-11-17)26(29-22(20)24(25)28)18-12-6-3-7-13-18/h2-15,20-22H,1H3/t20-,21-,22-/m1/s1. The summed E-state index contributed by atoms with van der Waals surface area (Å²) in [5, 5.41) is 1.72. The van der Waals surface area contributed by atoms with Crippen LogP contribution in [0.2, 0.25) is 0 Å². The second-order valence-corrected chi connectivity index (χ2v) is 7.42. The van der Waals surface area contributed by atoms with Gasteiger partial charge in [-0.05, 0) is 42.3 Å². The van der Waals surface area contributed by atoms with E-state index < -0.39 is 12.0 Å². The molecule has 0 aromatic heterocycles. The molecule has 144 valence electrons. The normalized spacial score (nSPS) is 23.6. The van der Waals surface area contributed by atoms with Crippen molar-refractivity contribution in [3.63, 3.8) is 0 Å². The number of hydroxylamine groups is 1. The molecule has 2 aliphatic heterocycles. The highest BCUT2D eigenvalue weighted by Crippen LogP contribution is 2.47. The smallest absolute Gasteiger partial charge is 0.266 e. The van der Waals surface area contributed by atoms with E-state index in [2.05, 4.69) is 0 Å². The number of hydrogen-bond donors (Lipinski definition) is 0. The Hall–Kier alpha value is -3.44. The summed E-state index contributed by atoms with van der Waals surface area (Å²) in [7, 11) is 0. The van der Waals surface area contributed by atoms with Gasteiger partial charge >= 0.3 is 0 Å². The molecule has 5 heteroatoms. The van der Waals surface area contributed by atoms with Crippen molar-refractivity contribution in [2.45, 2.75) is 19.1 Å². The maximum Gasteiger partial charge on any atom is 0.266 e. The summed E-state index contributed by atoms with van der Waals surface area (Å²) >= 11 is 0. The first kappa shape index (κ1) is 17.6. The number of rotatable bonds is 3. The summed E-state index contributed by atoms with van der Waals surface area (Å²) in [4.78, 5) is 34.1. The van der Waals surface area contributed by atoms with Crippen LogP contribution in [0.25, 0.3) is 0 Å². The fourth-order valence-electron chi connectivity index (χ4n) is 4.22. The molecule has 0 spiro atoms. The number of carbonyl (C=O) groups excluding carboxylic acids is 2. The molecule has 29 heavy (non-hydrogen) atoms. The zero-order chi connectivity index (χ0) is 20.0. The Bertz CT molecular complexity index is 1070. The number of anilines is 2. The van der Waals surface area contributed by atoms with Crippen LogP contribution in [0.15, 0.2) is 84.9 Å². The summed E-state index contributed by atoms with van der Waals surface area (Å²) in [5.41, 5.74) is 3.34. The average Bonchev–Trinajstić information content (AvgIpc) is 3.26. The number of hydrogen-bond acceptors (Lipinski definition) is 4. The van der Waals surface area contributed by atoms with E-state index in [9.17, 15) is 9.59 Å². The van der Waals surface area contributed by atoms with Gasteiger partial charge in [0.1, 0.15) is 5.92 Å². The topological polar surface area (TPSA) is 49.9 Å². The van der Waals surface area contributed by atoms with Gasteiger partial charge in [0.05, 0.1) is 17.4 Å². The van der Waals surface area contributed by atoms with Crippen LogP contribution in [0.3, 0.4) is 0 Å². The SMILES string of the molecule is Cc1cccc(N2C(=O)[C@@H]3[C@@H](c4ccccc4)N(c4ccccc4)O[C@H]3C2=O)c1. The lowest BCUT2D eigenvalue weighted by Gasteiger charge is -2.28. The predicted octanol–water partition coefficient (Wildman–Crippen LogP) is 4.05. The maximum atomic E-state index is 13.5. The van der Waals surface area contributed by atoms with Crippen LogP contribution < -0.4 is 9.96 Å². The van der Waals surface area contributed by atoms with Gasteiger partial charge in [0.25, 0.3) is 5.91 Å². The van der Waals surface area contributed by atoms with Gasteiger partial charge in [-0.25, -0.2) is 9.96 Å². The molecular weight excluding hydrogens is 364 g/mol. The van der Waals surface area contributed by atoms with Crippen molar-refractivity contribution in [2.75, 3.05) is 9.96 Å². The molecule has 3 aromatic rings. The van der Waals surface area contributed by atoms with Gasteiger partial charge in [0.2, 0.25) is 5.91 Å². The molecule has 2 heterocycles. The number of imide groups is 1. The summed E-state index contributed by atoms with van der Waals surface area (Å²) in [6, 6.07) is 26.4. The lowest BCUT2D eigenvalue weighted by molar-refractivity contribution is -0.126. The van der Waals surface area contributed by atoms with Gasteiger partial charge in [-0.3, -0.25) is 14.4 Å². The molecule has 0 aliphatic carbocycles. The van der Waals surface area contributed by atoms with Gasteiger partial charge in [0, 0.05) is 0 Å². The highest BCUT2D eigenvalue weighted by atomic mass is 16.7. The third-order valence-electron chi connectivity index (χ3n) is 5.53. The molecule has 5 nitrogen and oxygen atoms in total. The molecule has 2 aliphatic rings. The van der Waals surface area contributed by atoms with Crippen molar-refractivity contribution in [3.8, 4) is 0 Å². The summed E-state index contributed by atoms with van der Waals surface area (Å²) in [6.07, 6.45) is -0.839. The molecule has 0 radical (unpaired) electrons. The number of fused-ring (bicyclic) bond motifs is 1. The molecular formula is C24H20N2O3. The van der Waals surface area contributed by atoms with E-state index in [-0.39, 0.29) is 17.9 Å². The van der Waals surface area contributed by atoms with Crippen molar-refractivity contribution in [1.29, 1.82) is 0 Å². The molecule has 0 N–H and O–H groups in total. The number of benzene rings is 3.